The smallest absolute Gasteiger partial charge is 0.338 e. The van der Waals surface area contributed by atoms with Gasteiger partial charge in [0.15, 0.2) is 0 Å². The number of aliphatic hydroxyl groups excluding tert-OH is 1. The van der Waals surface area contributed by atoms with Crippen molar-refractivity contribution in [2.45, 2.75) is 59.8 Å². The molecule has 0 bridgehead atoms. The number of carbonyl (C=O) groups excluding carboxylic acids is 1. The van der Waals surface area contributed by atoms with Crippen LogP contribution < -0.4 is 4.74 Å². The number of aliphatic hydroxyl groups is 1. The standard InChI is InChI=1S/C22H36O4/c1-17(2)16-19(4)7-5-6-18(3)12-14-26-22(24)20-8-10-21(11-9-20)25-15-13-23/h8-11,17-19,23H,5-7,12-16H2,1-4H3. The molecule has 0 fully saturated rings. The Balaban J connectivity index is 2.20. The maximum atomic E-state index is 12.1. The van der Waals surface area contributed by atoms with Crippen LogP contribution in [0.5, 0.6) is 5.75 Å². The van der Waals surface area contributed by atoms with Gasteiger partial charge in [-0.05, 0) is 54.9 Å². The fraction of sp³-hybridized carbons (Fsp3) is 0.682. The third-order valence-electron chi connectivity index (χ3n) is 4.56. The number of ether oxygens (including phenoxy) is 2. The van der Waals surface area contributed by atoms with Crippen LogP contribution in [0.1, 0.15) is 70.2 Å². The van der Waals surface area contributed by atoms with E-state index in [2.05, 4.69) is 27.7 Å². The SMILES string of the molecule is CC(C)CC(C)CCCC(C)CCOC(=O)c1ccc(OCCO)cc1. The van der Waals surface area contributed by atoms with Crippen LogP contribution in [-0.4, -0.2) is 30.9 Å². The van der Waals surface area contributed by atoms with Crippen molar-refractivity contribution in [2.75, 3.05) is 19.8 Å². The van der Waals surface area contributed by atoms with Crippen LogP contribution in [0, 0.1) is 17.8 Å². The third kappa shape index (κ3) is 9.81. The van der Waals surface area contributed by atoms with E-state index in [1.165, 1.54) is 25.7 Å². The summed E-state index contributed by atoms with van der Waals surface area (Å²) in [7, 11) is 0. The Hall–Kier alpha value is -1.55. The summed E-state index contributed by atoms with van der Waals surface area (Å²) in [5.74, 6) is 2.48. The molecule has 0 heterocycles. The Labute approximate surface area is 158 Å². The van der Waals surface area contributed by atoms with Gasteiger partial charge in [0.05, 0.1) is 18.8 Å². The van der Waals surface area contributed by atoms with Gasteiger partial charge in [0, 0.05) is 0 Å². The second kappa shape index (κ2) is 12.7. The molecule has 4 nitrogen and oxygen atoms in total. The van der Waals surface area contributed by atoms with Gasteiger partial charge >= 0.3 is 5.97 Å². The highest BCUT2D eigenvalue weighted by Crippen LogP contribution is 2.20. The Kier molecular flexibility index (Phi) is 11.0. The van der Waals surface area contributed by atoms with Gasteiger partial charge < -0.3 is 14.6 Å². The topological polar surface area (TPSA) is 55.8 Å². The highest BCUT2D eigenvalue weighted by atomic mass is 16.5. The summed E-state index contributed by atoms with van der Waals surface area (Å²) in [5, 5.41) is 8.73. The molecule has 1 aromatic rings. The number of hydrogen-bond acceptors (Lipinski definition) is 4. The molecule has 1 N–H and O–H groups in total. The lowest BCUT2D eigenvalue weighted by Crippen LogP contribution is -2.09. The van der Waals surface area contributed by atoms with E-state index in [4.69, 9.17) is 14.6 Å². The van der Waals surface area contributed by atoms with E-state index >= 15 is 0 Å². The second-order valence-corrected chi connectivity index (χ2v) is 7.79. The van der Waals surface area contributed by atoms with Crippen LogP contribution >= 0.6 is 0 Å². The Morgan fingerprint density at radius 2 is 1.62 bits per heavy atom. The molecule has 4 heteroatoms. The fourth-order valence-electron chi connectivity index (χ4n) is 3.17. The molecule has 0 aliphatic carbocycles. The van der Waals surface area contributed by atoms with Gasteiger partial charge in [-0.15, -0.1) is 0 Å². The van der Waals surface area contributed by atoms with Gasteiger partial charge in [-0.25, -0.2) is 4.79 Å². The Morgan fingerprint density at radius 1 is 0.962 bits per heavy atom. The molecular formula is C22H36O4. The molecule has 1 aromatic carbocycles. The summed E-state index contributed by atoms with van der Waals surface area (Å²) in [6, 6.07) is 6.81. The number of esters is 1. The average Bonchev–Trinajstić information content (AvgIpc) is 2.59. The molecule has 2 unspecified atom stereocenters. The summed E-state index contributed by atoms with van der Waals surface area (Å²) in [4.78, 5) is 12.1. The van der Waals surface area contributed by atoms with Gasteiger partial charge in [0.2, 0.25) is 0 Å². The maximum absolute atomic E-state index is 12.1. The monoisotopic (exact) mass is 364 g/mol. The zero-order valence-electron chi connectivity index (χ0n) is 16.9. The molecule has 0 saturated carbocycles. The van der Waals surface area contributed by atoms with Crippen molar-refractivity contribution in [3.8, 4) is 5.75 Å². The van der Waals surface area contributed by atoms with Crippen molar-refractivity contribution >= 4 is 5.97 Å². The van der Waals surface area contributed by atoms with Crippen molar-refractivity contribution in [2.24, 2.45) is 17.8 Å². The third-order valence-corrected chi connectivity index (χ3v) is 4.56. The summed E-state index contributed by atoms with van der Waals surface area (Å²) >= 11 is 0. The maximum Gasteiger partial charge on any atom is 0.338 e. The number of rotatable bonds is 13. The number of carbonyl (C=O) groups is 1. The molecule has 148 valence electrons. The van der Waals surface area contributed by atoms with Gasteiger partial charge in [-0.1, -0.05) is 47.0 Å². The lowest BCUT2D eigenvalue weighted by Gasteiger charge is -2.16. The normalized spacial score (nSPS) is 13.5. The van der Waals surface area contributed by atoms with Gasteiger partial charge in [-0.3, -0.25) is 0 Å². The fourth-order valence-corrected chi connectivity index (χ4v) is 3.17. The minimum absolute atomic E-state index is 0.0292. The Bertz CT molecular complexity index is 495. The van der Waals surface area contributed by atoms with Crippen LogP contribution in [0.3, 0.4) is 0 Å². The molecule has 2 atom stereocenters. The molecule has 26 heavy (non-hydrogen) atoms. The minimum Gasteiger partial charge on any atom is -0.491 e. The quantitative estimate of drug-likeness (QED) is 0.495. The molecule has 0 amide bonds. The van der Waals surface area contributed by atoms with Gasteiger partial charge in [0.25, 0.3) is 0 Å². The molecule has 1 rings (SSSR count). The number of hydrogen-bond donors (Lipinski definition) is 1. The van der Waals surface area contributed by atoms with Crippen LogP contribution in [0.25, 0.3) is 0 Å². The predicted octanol–water partition coefficient (Wildman–Crippen LogP) is 5.09. The van der Waals surface area contributed by atoms with E-state index in [1.807, 2.05) is 0 Å². The van der Waals surface area contributed by atoms with Crippen LogP contribution in [-0.2, 0) is 4.74 Å². The summed E-state index contributed by atoms with van der Waals surface area (Å²) in [5.41, 5.74) is 0.525. The van der Waals surface area contributed by atoms with Gasteiger partial charge in [-0.2, -0.15) is 0 Å². The average molecular weight is 365 g/mol. The second-order valence-electron chi connectivity index (χ2n) is 7.79. The number of benzene rings is 1. The highest BCUT2D eigenvalue weighted by molar-refractivity contribution is 5.89. The van der Waals surface area contributed by atoms with Gasteiger partial charge in [0.1, 0.15) is 12.4 Å². The minimum atomic E-state index is -0.295. The van der Waals surface area contributed by atoms with E-state index in [-0.39, 0.29) is 19.2 Å². The molecule has 0 aliphatic rings. The predicted molar refractivity (Wildman–Crippen MR) is 106 cm³/mol. The van der Waals surface area contributed by atoms with Crippen molar-refractivity contribution in [3.63, 3.8) is 0 Å². The summed E-state index contributed by atoms with van der Waals surface area (Å²) < 4.78 is 10.7. The van der Waals surface area contributed by atoms with Crippen molar-refractivity contribution in [3.05, 3.63) is 29.8 Å². The molecule has 0 saturated heterocycles. The first-order chi connectivity index (χ1) is 12.4. The summed E-state index contributed by atoms with van der Waals surface area (Å²) in [6.07, 6.45) is 5.93. The zero-order valence-corrected chi connectivity index (χ0v) is 16.9. The molecule has 0 spiro atoms. The van der Waals surface area contributed by atoms with E-state index < -0.39 is 0 Å². The van der Waals surface area contributed by atoms with E-state index in [9.17, 15) is 4.79 Å². The first kappa shape index (κ1) is 22.5. The van der Waals surface area contributed by atoms with E-state index in [0.717, 1.165) is 18.3 Å². The molecular weight excluding hydrogens is 328 g/mol. The van der Waals surface area contributed by atoms with Crippen LogP contribution in [0.2, 0.25) is 0 Å². The lowest BCUT2D eigenvalue weighted by atomic mass is 9.91. The summed E-state index contributed by atoms with van der Waals surface area (Å²) in [6.45, 7) is 9.81. The largest absolute Gasteiger partial charge is 0.491 e. The van der Waals surface area contributed by atoms with E-state index in [1.54, 1.807) is 24.3 Å². The van der Waals surface area contributed by atoms with Crippen LogP contribution in [0.4, 0.5) is 0 Å². The molecule has 0 aliphatic heterocycles. The van der Waals surface area contributed by atoms with Crippen molar-refractivity contribution in [1.82, 2.24) is 0 Å². The first-order valence-electron chi connectivity index (χ1n) is 9.93. The van der Waals surface area contributed by atoms with Crippen LogP contribution in [0.15, 0.2) is 24.3 Å². The zero-order chi connectivity index (χ0) is 19.4. The van der Waals surface area contributed by atoms with E-state index in [0.29, 0.717) is 23.8 Å². The first-order valence-corrected chi connectivity index (χ1v) is 9.93. The molecule has 0 aromatic heterocycles. The highest BCUT2D eigenvalue weighted by Gasteiger charge is 2.10. The Morgan fingerprint density at radius 3 is 2.23 bits per heavy atom. The van der Waals surface area contributed by atoms with Crippen molar-refractivity contribution in [1.29, 1.82) is 0 Å². The van der Waals surface area contributed by atoms with Crippen molar-refractivity contribution < 1.29 is 19.4 Å². The molecule has 0 radical (unpaired) electrons. The lowest BCUT2D eigenvalue weighted by molar-refractivity contribution is 0.0483.